The number of amides is 2. The molecule has 0 saturated carbocycles. The zero-order valence-corrected chi connectivity index (χ0v) is 16.3. The summed E-state index contributed by atoms with van der Waals surface area (Å²) in [6.07, 6.45) is 1.89. The van der Waals surface area contributed by atoms with Gasteiger partial charge in [0.2, 0.25) is 11.8 Å². The number of piperidine rings is 1. The van der Waals surface area contributed by atoms with Crippen LogP contribution in [-0.2, 0) is 9.59 Å². The van der Waals surface area contributed by atoms with Gasteiger partial charge in [-0.15, -0.1) is 0 Å². The summed E-state index contributed by atoms with van der Waals surface area (Å²) in [6, 6.07) is 0.300. The van der Waals surface area contributed by atoms with Crippen molar-refractivity contribution in [2.24, 2.45) is 10.9 Å². The van der Waals surface area contributed by atoms with Crippen molar-refractivity contribution in [2.75, 3.05) is 53.9 Å². The van der Waals surface area contributed by atoms with Crippen LogP contribution in [0, 0.1) is 5.92 Å². The number of guanidine groups is 1. The van der Waals surface area contributed by atoms with E-state index >= 15 is 0 Å². The lowest BCUT2D eigenvalue weighted by Gasteiger charge is -2.32. The standard InChI is InChI=1S/C17H34N6O2/c1-13(2)10-19-17(20-11-16(25)22(4)5)21-14-6-8-23(9-7-14)12-15(24)18-3/h13-14H,6-12H2,1-5H3,(H,18,24)(H2,19,20,21). The van der Waals surface area contributed by atoms with E-state index in [9.17, 15) is 9.59 Å². The third-order valence-corrected chi connectivity index (χ3v) is 4.12. The Morgan fingerprint density at radius 1 is 1.24 bits per heavy atom. The Bertz CT molecular complexity index is 456. The molecule has 0 aromatic rings. The number of aliphatic imine (C=N–C) groups is 1. The van der Waals surface area contributed by atoms with Crippen LogP contribution in [0.1, 0.15) is 26.7 Å². The Hall–Kier alpha value is -1.83. The smallest absolute Gasteiger partial charge is 0.243 e. The number of carbonyl (C=O) groups is 2. The maximum atomic E-state index is 11.8. The average molecular weight is 354 g/mol. The van der Waals surface area contributed by atoms with Crippen molar-refractivity contribution in [3.05, 3.63) is 0 Å². The molecule has 1 fully saturated rings. The van der Waals surface area contributed by atoms with Crippen molar-refractivity contribution in [2.45, 2.75) is 32.7 Å². The summed E-state index contributed by atoms with van der Waals surface area (Å²) in [4.78, 5) is 31.3. The second-order valence-corrected chi connectivity index (χ2v) is 7.10. The number of carbonyl (C=O) groups excluding carboxylic acids is 2. The van der Waals surface area contributed by atoms with Gasteiger partial charge in [-0.05, 0) is 18.8 Å². The van der Waals surface area contributed by atoms with E-state index in [2.05, 4.69) is 39.7 Å². The normalized spacial score (nSPS) is 16.6. The van der Waals surface area contributed by atoms with Gasteiger partial charge in [0.15, 0.2) is 5.96 Å². The highest BCUT2D eigenvalue weighted by Gasteiger charge is 2.21. The van der Waals surface area contributed by atoms with Crippen molar-refractivity contribution in [1.29, 1.82) is 0 Å². The fraction of sp³-hybridized carbons (Fsp3) is 0.824. The largest absolute Gasteiger partial charge is 0.358 e. The van der Waals surface area contributed by atoms with Gasteiger partial charge < -0.3 is 20.9 Å². The zero-order valence-electron chi connectivity index (χ0n) is 16.3. The van der Waals surface area contributed by atoms with Crippen molar-refractivity contribution in [3.8, 4) is 0 Å². The Morgan fingerprint density at radius 3 is 2.40 bits per heavy atom. The van der Waals surface area contributed by atoms with E-state index < -0.39 is 0 Å². The molecule has 0 aliphatic carbocycles. The molecular weight excluding hydrogens is 320 g/mol. The predicted molar refractivity (Wildman–Crippen MR) is 101 cm³/mol. The van der Waals surface area contributed by atoms with Crippen LogP contribution >= 0.6 is 0 Å². The highest BCUT2D eigenvalue weighted by atomic mass is 16.2. The summed E-state index contributed by atoms with van der Waals surface area (Å²) < 4.78 is 0. The van der Waals surface area contributed by atoms with Crippen LogP contribution in [-0.4, -0.2) is 87.5 Å². The van der Waals surface area contributed by atoms with Crippen molar-refractivity contribution in [3.63, 3.8) is 0 Å². The topological polar surface area (TPSA) is 89.1 Å². The summed E-state index contributed by atoms with van der Waals surface area (Å²) in [5.74, 6) is 1.21. The second-order valence-electron chi connectivity index (χ2n) is 7.10. The van der Waals surface area contributed by atoms with Gasteiger partial charge in [0.1, 0.15) is 6.54 Å². The number of nitrogens with one attached hydrogen (secondary N) is 3. The summed E-state index contributed by atoms with van der Waals surface area (Å²) in [5, 5.41) is 9.40. The maximum absolute atomic E-state index is 11.8. The van der Waals surface area contributed by atoms with Gasteiger partial charge in [0.25, 0.3) is 0 Å². The highest BCUT2D eigenvalue weighted by molar-refractivity contribution is 5.85. The number of hydrogen-bond donors (Lipinski definition) is 3. The molecule has 0 aromatic heterocycles. The van der Waals surface area contributed by atoms with Gasteiger partial charge in [-0.3, -0.25) is 14.5 Å². The second kappa shape index (κ2) is 10.9. The molecular formula is C17H34N6O2. The predicted octanol–water partition coefficient (Wildman–Crippen LogP) is -0.524. The molecule has 0 unspecified atom stereocenters. The lowest BCUT2D eigenvalue weighted by Crippen LogP contribution is -2.50. The molecule has 1 saturated heterocycles. The first kappa shape index (κ1) is 21.2. The molecule has 1 heterocycles. The first-order valence-corrected chi connectivity index (χ1v) is 8.99. The van der Waals surface area contributed by atoms with Crippen LogP contribution in [0.2, 0.25) is 0 Å². The van der Waals surface area contributed by atoms with Gasteiger partial charge in [0.05, 0.1) is 6.54 Å². The SMILES string of the molecule is CNC(=O)CN1CCC(NC(=NCC(=O)N(C)C)NCC(C)C)CC1. The Morgan fingerprint density at radius 2 is 1.88 bits per heavy atom. The van der Waals surface area contributed by atoms with E-state index in [4.69, 9.17) is 0 Å². The molecule has 8 heteroatoms. The lowest BCUT2D eigenvalue weighted by atomic mass is 10.1. The Kier molecular flexibility index (Phi) is 9.26. The minimum Gasteiger partial charge on any atom is -0.358 e. The molecule has 2 amide bonds. The van der Waals surface area contributed by atoms with Crippen LogP contribution in [0.3, 0.4) is 0 Å². The molecule has 1 aliphatic heterocycles. The van der Waals surface area contributed by atoms with Crippen molar-refractivity contribution < 1.29 is 9.59 Å². The first-order valence-electron chi connectivity index (χ1n) is 8.99. The maximum Gasteiger partial charge on any atom is 0.243 e. The summed E-state index contributed by atoms with van der Waals surface area (Å²) in [6.45, 7) is 7.40. The van der Waals surface area contributed by atoms with E-state index in [0.717, 1.165) is 32.5 Å². The van der Waals surface area contributed by atoms with E-state index in [1.165, 1.54) is 0 Å². The molecule has 25 heavy (non-hydrogen) atoms. The molecule has 1 aliphatic rings. The van der Waals surface area contributed by atoms with Crippen LogP contribution in [0.4, 0.5) is 0 Å². The quantitative estimate of drug-likeness (QED) is 0.423. The van der Waals surface area contributed by atoms with Gasteiger partial charge in [-0.2, -0.15) is 0 Å². The third-order valence-electron chi connectivity index (χ3n) is 4.12. The van der Waals surface area contributed by atoms with Crippen LogP contribution < -0.4 is 16.0 Å². The number of nitrogens with zero attached hydrogens (tertiary/aromatic N) is 3. The number of hydrogen-bond acceptors (Lipinski definition) is 4. The van der Waals surface area contributed by atoms with Crippen molar-refractivity contribution >= 4 is 17.8 Å². The molecule has 0 radical (unpaired) electrons. The van der Waals surface area contributed by atoms with E-state index in [0.29, 0.717) is 24.5 Å². The van der Waals surface area contributed by atoms with Crippen LogP contribution in [0.25, 0.3) is 0 Å². The molecule has 0 bridgehead atoms. The number of likely N-dealkylation sites (N-methyl/N-ethyl adjacent to an activating group) is 2. The van der Waals surface area contributed by atoms with Gasteiger partial charge in [0, 0.05) is 46.8 Å². The van der Waals surface area contributed by atoms with Gasteiger partial charge >= 0.3 is 0 Å². The molecule has 0 atom stereocenters. The van der Waals surface area contributed by atoms with E-state index in [-0.39, 0.29) is 18.4 Å². The summed E-state index contributed by atoms with van der Waals surface area (Å²) >= 11 is 0. The van der Waals surface area contributed by atoms with Gasteiger partial charge in [-0.25, -0.2) is 4.99 Å². The summed E-state index contributed by atoms with van der Waals surface area (Å²) in [7, 11) is 5.12. The van der Waals surface area contributed by atoms with E-state index in [1.54, 1.807) is 26.0 Å². The lowest BCUT2D eigenvalue weighted by molar-refractivity contribution is -0.127. The van der Waals surface area contributed by atoms with Crippen molar-refractivity contribution in [1.82, 2.24) is 25.8 Å². The Balaban J connectivity index is 2.52. The fourth-order valence-corrected chi connectivity index (χ4v) is 2.45. The molecule has 144 valence electrons. The molecule has 3 N–H and O–H groups in total. The molecule has 8 nitrogen and oxygen atoms in total. The third kappa shape index (κ3) is 8.72. The van der Waals surface area contributed by atoms with Crippen LogP contribution in [0.5, 0.6) is 0 Å². The molecule has 0 aromatic carbocycles. The van der Waals surface area contributed by atoms with Gasteiger partial charge in [-0.1, -0.05) is 13.8 Å². The van der Waals surface area contributed by atoms with Crippen LogP contribution in [0.15, 0.2) is 4.99 Å². The number of likely N-dealkylation sites (tertiary alicyclic amines) is 1. The molecule has 0 spiro atoms. The fourth-order valence-electron chi connectivity index (χ4n) is 2.45. The highest BCUT2D eigenvalue weighted by Crippen LogP contribution is 2.09. The minimum atomic E-state index is -0.0222. The monoisotopic (exact) mass is 354 g/mol. The Labute approximate surface area is 151 Å². The van der Waals surface area contributed by atoms with E-state index in [1.807, 2.05) is 0 Å². The number of rotatable bonds is 7. The minimum absolute atomic E-state index is 0.0222. The molecule has 1 rings (SSSR count). The zero-order chi connectivity index (χ0) is 18.8. The average Bonchev–Trinajstić information content (AvgIpc) is 2.58. The first-order chi connectivity index (χ1) is 11.8. The summed E-state index contributed by atoms with van der Waals surface area (Å²) in [5.41, 5.74) is 0.